The van der Waals surface area contributed by atoms with Crippen molar-refractivity contribution in [3.8, 4) is 5.75 Å². The van der Waals surface area contributed by atoms with E-state index in [1.54, 1.807) is 17.0 Å². The van der Waals surface area contributed by atoms with Crippen LogP contribution in [0.25, 0.3) is 0 Å². The van der Waals surface area contributed by atoms with E-state index in [0.29, 0.717) is 13.1 Å². The predicted octanol–water partition coefficient (Wildman–Crippen LogP) is 1.56. The summed E-state index contributed by atoms with van der Waals surface area (Å²) in [5.74, 6) is 0.283. The molecule has 0 aliphatic carbocycles. The molecular weight excluding hydrogens is 206 g/mol. The Kier molecular flexibility index (Phi) is 2.99. The van der Waals surface area contributed by atoms with Crippen LogP contribution in [0, 0.1) is 0 Å². The fourth-order valence-electron chi connectivity index (χ4n) is 2.02. The molecule has 1 aliphatic heterocycles. The number of nitrogens with zero attached hydrogens (tertiary/aromatic N) is 1. The molecule has 1 aromatic carbocycles. The SMILES string of the molecule is COC(=O)N1CCc2ccc(O)cc2CC1. The summed E-state index contributed by atoms with van der Waals surface area (Å²) in [6.45, 7) is 1.31. The number of hydrogen-bond donors (Lipinski definition) is 1. The molecule has 0 atom stereocenters. The molecule has 0 bridgehead atoms. The molecule has 1 aliphatic rings. The Morgan fingerprint density at radius 1 is 1.31 bits per heavy atom. The van der Waals surface area contributed by atoms with Crippen molar-refractivity contribution in [2.45, 2.75) is 12.8 Å². The lowest BCUT2D eigenvalue weighted by Crippen LogP contribution is -2.33. The molecule has 86 valence electrons. The highest BCUT2D eigenvalue weighted by molar-refractivity contribution is 5.67. The average molecular weight is 221 g/mol. The molecule has 0 aromatic heterocycles. The first kappa shape index (κ1) is 10.8. The Morgan fingerprint density at radius 2 is 2.00 bits per heavy atom. The largest absolute Gasteiger partial charge is 0.508 e. The second-order valence-electron chi connectivity index (χ2n) is 3.91. The van der Waals surface area contributed by atoms with E-state index in [1.807, 2.05) is 6.07 Å². The van der Waals surface area contributed by atoms with Crippen molar-refractivity contribution >= 4 is 6.09 Å². The third-order valence-electron chi connectivity index (χ3n) is 2.92. The zero-order chi connectivity index (χ0) is 11.5. The number of methoxy groups -OCH3 is 1. The molecule has 16 heavy (non-hydrogen) atoms. The summed E-state index contributed by atoms with van der Waals surface area (Å²) in [5.41, 5.74) is 2.32. The Hall–Kier alpha value is -1.71. The number of hydrogen-bond acceptors (Lipinski definition) is 3. The first-order chi connectivity index (χ1) is 7.70. The highest BCUT2D eigenvalue weighted by Crippen LogP contribution is 2.21. The standard InChI is InChI=1S/C12H15NO3/c1-16-12(15)13-6-4-9-2-3-11(14)8-10(9)5-7-13/h2-3,8,14H,4-7H2,1H3. The highest BCUT2D eigenvalue weighted by Gasteiger charge is 2.18. The van der Waals surface area contributed by atoms with E-state index in [-0.39, 0.29) is 11.8 Å². The topological polar surface area (TPSA) is 49.8 Å². The number of phenols is 1. The third-order valence-corrected chi connectivity index (χ3v) is 2.92. The van der Waals surface area contributed by atoms with Crippen LogP contribution in [-0.4, -0.2) is 36.3 Å². The van der Waals surface area contributed by atoms with Gasteiger partial charge in [0.2, 0.25) is 0 Å². The molecule has 0 saturated carbocycles. The monoisotopic (exact) mass is 221 g/mol. The van der Waals surface area contributed by atoms with Crippen molar-refractivity contribution < 1.29 is 14.6 Å². The Balaban J connectivity index is 2.15. The molecule has 0 unspecified atom stereocenters. The number of amides is 1. The van der Waals surface area contributed by atoms with Gasteiger partial charge in [-0.1, -0.05) is 6.07 Å². The van der Waals surface area contributed by atoms with E-state index < -0.39 is 0 Å². The van der Waals surface area contributed by atoms with Gasteiger partial charge in [-0.3, -0.25) is 0 Å². The molecule has 4 heteroatoms. The summed E-state index contributed by atoms with van der Waals surface area (Å²) < 4.78 is 4.71. The van der Waals surface area contributed by atoms with Gasteiger partial charge in [-0.2, -0.15) is 0 Å². The third kappa shape index (κ3) is 2.10. The van der Waals surface area contributed by atoms with E-state index in [0.717, 1.165) is 18.4 Å². The van der Waals surface area contributed by atoms with Gasteiger partial charge in [0, 0.05) is 13.1 Å². The van der Waals surface area contributed by atoms with Crippen LogP contribution in [-0.2, 0) is 17.6 Å². The number of fused-ring (bicyclic) bond motifs is 1. The molecule has 0 spiro atoms. The fraction of sp³-hybridized carbons (Fsp3) is 0.417. The molecular formula is C12H15NO3. The zero-order valence-corrected chi connectivity index (χ0v) is 9.27. The number of benzene rings is 1. The highest BCUT2D eigenvalue weighted by atomic mass is 16.5. The van der Waals surface area contributed by atoms with Crippen LogP contribution in [0.15, 0.2) is 18.2 Å². The molecule has 1 N–H and O–H groups in total. The summed E-state index contributed by atoms with van der Waals surface area (Å²) in [5, 5.41) is 9.40. The quantitative estimate of drug-likeness (QED) is 0.723. The molecule has 1 heterocycles. The van der Waals surface area contributed by atoms with Gasteiger partial charge in [0.1, 0.15) is 5.75 Å². The smallest absolute Gasteiger partial charge is 0.409 e. The predicted molar refractivity (Wildman–Crippen MR) is 59.5 cm³/mol. The van der Waals surface area contributed by atoms with Gasteiger partial charge in [0.05, 0.1) is 7.11 Å². The molecule has 2 rings (SSSR count). The maximum Gasteiger partial charge on any atom is 0.409 e. The van der Waals surface area contributed by atoms with Crippen LogP contribution in [0.1, 0.15) is 11.1 Å². The van der Waals surface area contributed by atoms with Crippen LogP contribution >= 0.6 is 0 Å². The Bertz CT molecular complexity index is 403. The van der Waals surface area contributed by atoms with Crippen molar-refractivity contribution in [2.75, 3.05) is 20.2 Å². The van der Waals surface area contributed by atoms with E-state index in [9.17, 15) is 9.90 Å². The second-order valence-corrected chi connectivity index (χ2v) is 3.91. The molecule has 1 aromatic rings. The van der Waals surface area contributed by atoms with Gasteiger partial charge < -0.3 is 14.7 Å². The lowest BCUT2D eigenvalue weighted by molar-refractivity contribution is 0.125. The van der Waals surface area contributed by atoms with Crippen LogP contribution in [0.3, 0.4) is 0 Å². The van der Waals surface area contributed by atoms with Crippen LogP contribution in [0.2, 0.25) is 0 Å². The Labute approximate surface area is 94.4 Å². The number of ether oxygens (including phenoxy) is 1. The lowest BCUT2D eigenvalue weighted by atomic mass is 10.0. The van der Waals surface area contributed by atoms with Gasteiger partial charge in [-0.25, -0.2) is 4.79 Å². The number of carbonyl (C=O) groups is 1. The maximum absolute atomic E-state index is 11.4. The minimum Gasteiger partial charge on any atom is -0.508 e. The van der Waals surface area contributed by atoms with Crippen molar-refractivity contribution in [2.24, 2.45) is 0 Å². The van der Waals surface area contributed by atoms with E-state index in [2.05, 4.69) is 0 Å². The number of aromatic hydroxyl groups is 1. The summed E-state index contributed by atoms with van der Waals surface area (Å²) in [4.78, 5) is 13.1. The first-order valence-corrected chi connectivity index (χ1v) is 5.34. The van der Waals surface area contributed by atoms with Crippen LogP contribution in [0.4, 0.5) is 4.79 Å². The van der Waals surface area contributed by atoms with Gasteiger partial charge in [-0.05, 0) is 36.1 Å². The molecule has 4 nitrogen and oxygen atoms in total. The number of phenolic OH excluding ortho intramolecular Hbond substituents is 1. The van der Waals surface area contributed by atoms with Crippen LogP contribution in [0.5, 0.6) is 5.75 Å². The molecule has 0 fully saturated rings. The normalized spacial score (nSPS) is 15.2. The van der Waals surface area contributed by atoms with Crippen molar-refractivity contribution in [3.63, 3.8) is 0 Å². The van der Waals surface area contributed by atoms with Crippen LogP contribution < -0.4 is 0 Å². The Morgan fingerprint density at radius 3 is 2.69 bits per heavy atom. The number of rotatable bonds is 0. The first-order valence-electron chi connectivity index (χ1n) is 5.34. The van der Waals surface area contributed by atoms with Crippen molar-refractivity contribution in [3.05, 3.63) is 29.3 Å². The summed E-state index contributed by atoms with van der Waals surface area (Å²) in [6, 6.07) is 5.38. The summed E-state index contributed by atoms with van der Waals surface area (Å²) in [7, 11) is 1.40. The summed E-state index contributed by atoms with van der Waals surface area (Å²) in [6.07, 6.45) is 1.29. The van der Waals surface area contributed by atoms with Gasteiger partial charge in [0.25, 0.3) is 0 Å². The van der Waals surface area contributed by atoms with E-state index in [4.69, 9.17) is 4.74 Å². The molecule has 0 saturated heterocycles. The van der Waals surface area contributed by atoms with Gasteiger partial charge >= 0.3 is 6.09 Å². The minimum atomic E-state index is -0.281. The molecule has 1 amide bonds. The van der Waals surface area contributed by atoms with Gasteiger partial charge in [0.15, 0.2) is 0 Å². The van der Waals surface area contributed by atoms with E-state index in [1.165, 1.54) is 12.7 Å². The van der Waals surface area contributed by atoms with Crippen molar-refractivity contribution in [1.82, 2.24) is 4.90 Å². The number of carbonyl (C=O) groups excluding carboxylic acids is 1. The second kappa shape index (κ2) is 4.43. The average Bonchev–Trinajstić information content (AvgIpc) is 2.50. The van der Waals surface area contributed by atoms with Gasteiger partial charge in [-0.15, -0.1) is 0 Å². The maximum atomic E-state index is 11.4. The van der Waals surface area contributed by atoms with Crippen molar-refractivity contribution in [1.29, 1.82) is 0 Å². The van der Waals surface area contributed by atoms with E-state index >= 15 is 0 Å². The minimum absolute atomic E-state index is 0.281. The lowest BCUT2D eigenvalue weighted by Gasteiger charge is -2.17. The summed E-state index contributed by atoms with van der Waals surface area (Å²) >= 11 is 0. The molecule has 0 radical (unpaired) electrons. The zero-order valence-electron chi connectivity index (χ0n) is 9.27. The fourth-order valence-corrected chi connectivity index (χ4v) is 2.02.